The van der Waals surface area contributed by atoms with Crippen LogP contribution in [-0.4, -0.2) is 6.61 Å². The highest BCUT2D eigenvalue weighted by Crippen LogP contribution is 2.21. The van der Waals surface area contributed by atoms with E-state index in [4.69, 9.17) is 4.74 Å². The Morgan fingerprint density at radius 3 is 2.21 bits per heavy atom. The van der Waals surface area contributed by atoms with Crippen LogP contribution in [0.5, 0.6) is 0 Å². The third-order valence-electron chi connectivity index (χ3n) is 3.22. The highest BCUT2D eigenvalue weighted by atomic mass is 16.5. The predicted octanol–water partition coefficient (Wildman–Crippen LogP) is 4.60. The van der Waals surface area contributed by atoms with Gasteiger partial charge in [-0.1, -0.05) is 67.6 Å². The molecule has 1 nitrogen and oxygen atoms in total. The van der Waals surface area contributed by atoms with Gasteiger partial charge in [-0.05, 0) is 24.0 Å². The first-order chi connectivity index (χ1) is 9.40. The van der Waals surface area contributed by atoms with Crippen LogP contribution in [0.4, 0.5) is 0 Å². The van der Waals surface area contributed by atoms with Crippen molar-refractivity contribution in [2.24, 2.45) is 0 Å². The fourth-order valence-corrected chi connectivity index (χ4v) is 2.20. The third-order valence-corrected chi connectivity index (χ3v) is 3.22. The van der Waals surface area contributed by atoms with Crippen LogP contribution in [-0.2, 0) is 11.3 Å². The fourth-order valence-electron chi connectivity index (χ4n) is 2.20. The van der Waals surface area contributed by atoms with E-state index < -0.39 is 0 Å². The van der Waals surface area contributed by atoms with Gasteiger partial charge in [0.05, 0.1) is 13.2 Å². The summed E-state index contributed by atoms with van der Waals surface area (Å²) >= 11 is 0. The lowest BCUT2D eigenvalue weighted by molar-refractivity contribution is 0.106. The van der Waals surface area contributed by atoms with Crippen LogP contribution >= 0.6 is 0 Å². The van der Waals surface area contributed by atoms with Gasteiger partial charge in [0.2, 0.25) is 0 Å². The van der Waals surface area contributed by atoms with Crippen molar-refractivity contribution in [3.8, 4) is 0 Å². The largest absolute Gasteiger partial charge is 0.376 e. The lowest BCUT2D eigenvalue weighted by Gasteiger charge is -2.16. The molecular weight excluding hydrogens is 232 g/mol. The molecule has 1 heteroatoms. The van der Waals surface area contributed by atoms with Gasteiger partial charge >= 0.3 is 0 Å². The van der Waals surface area contributed by atoms with Gasteiger partial charge in [-0.2, -0.15) is 0 Å². The summed E-state index contributed by atoms with van der Waals surface area (Å²) in [6.07, 6.45) is 3.27. The molecule has 0 saturated heterocycles. The molecule has 0 heterocycles. The topological polar surface area (TPSA) is 9.23 Å². The normalized spacial score (nSPS) is 12.3. The van der Waals surface area contributed by atoms with Crippen molar-refractivity contribution in [1.29, 1.82) is 0 Å². The minimum Gasteiger partial charge on any atom is -0.376 e. The number of benzene rings is 2. The number of hydrogen-bond donors (Lipinski definition) is 0. The van der Waals surface area contributed by atoms with Gasteiger partial charge in [-0.15, -0.1) is 0 Å². The number of rotatable bonds is 7. The molecule has 0 aliphatic heterocycles. The molecule has 2 rings (SSSR count). The van der Waals surface area contributed by atoms with Crippen LogP contribution in [0, 0.1) is 6.42 Å². The molecule has 0 bridgehead atoms. The molecule has 2 aromatic carbocycles. The second-order valence-electron chi connectivity index (χ2n) is 4.75. The van der Waals surface area contributed by atoms with Gasteiger partial charge < -0.3 is 4.74 Å². The Morgan fingerprint density at radius 2 is 1.58 bits per heavy atom. The summed E-state index contributed by atoms with van der Waals surface area (Å²) in [4.78, 5) is 0. The Hall–Kier alpha value is -1.60. The molecule has 0 fully saturated rings. The summed E-state index contributed by atoms with van der Waals surface area (Å²) in [6, 6.07) is 20.9. The molecule has 2 aromatic rings. The van der Waals surface area contributed by atoms with Gasteiger partial charge in [-0.25, -0.2) is 0 Å². The van der Waals surface area contributed by atoms with Crippen LogP contribution < -0.4 is 0 Å². The third kappa shape index (κ3) is 4.53. The lowest BCUT2D eigenvalue weighted by atomic mass is 9.95. The lowest BCUT2D eigenvalue weighted by Crippen LogP contribution is -2.08. The van der Waals surface area contributed by atoms with Crippen molar-refractivity contribution in [1.82, 2.24) is 0 Å². The summed E-state index contributed by atoms with van der Waals surface area (Å²) in [5, 5.41) is 0. The Bertz CT molecular complexity index is 450. The molecule has 19 heavy (non-hydrogen) atoms. The van der Waals surface area contributed by atoms with E-state index in [1.54, 1.807) is 0 Å². The van der Waals surface area contributed by atoms with Crippen molar-refractivity contribution in [2.75, 3.05) is 6.61 Å². The minimum absolute atomic E-state index is 0.454. The quantitative estimate of drug-likeness (QED) is 0.700. The molecule has 1 atom stereocenters. The van der Waals surface area contributed by atoms with Crippen LogP contribution in [0.25, 0.3) is 0 Å². The van der Waals surface area contributed by atoms with Crippen LogP contribution in [0.15, 0.2) is 60.7 Å². The summed E-state index contributed by atoms with van der Waals surface area (Å²) < 4.78 is 5.87. The van der Waals surface area contributed by atoms with Crippen LogP contribution in [0.1, 0.15) is 30.4 Å². The second kappa shape index (κ2) is 7.75. The molecule has 1 unspecified atom stereocenters. The highest BCUT2D eigenvalue weighted by Gasteiger charge is 2.10. The van der Waals surface area contributed by atoms with E-state index in [2.05, 4.69) is 55.8 Å². The van der Waals surface area contributed by atoms with Crippen molar-refractivity contribution >= 4 is 0 Å². The first-order valence-electron chi connectivity index (χ1n) is 6.84. The fraction of sp³-hybridized carbons (Fsp3) is 0.278. The maximum absolute atomic E-state index is 5.87. The molecular formula is C18H21O. The Labute approximate surface area is 116 Å². The van der Waals surface area contributed by atoms with Gasteiger partial charge in [0.25, 0.3) is 0 Å². The van der Waals surface area contributed by atoms with Crippen LogP contribution in [0.3, 0.4) is 0 Å². The highest BCUT2D eigenvalue weighted by molar-refractivity contribution is 5.20. The van der Waals surface area contributed by atoms with Crippen molar-refractivity contribution < 1.29 is 4.74 Å². The maximum Gasteiger partial charge on any atom is 0.0717 e. The molecule has 0 spiro atoms. The molecule has 0 N–H and O–H groups in total. The minimum atomic E-state index is 0.454. The molecule has 0 aromatic heterocycles. The zero-order chi connectivity index (χ0) is 13.3. The van der Waals surface area contributed by atoms with Gasteiger partial charge in [0.1, 0.15) is 0 Å². The molecule has 0 saturated carbocycles. The maximum atomic E-state index is 5.87. The van der Waals surface area contributed by atoms with Crippen molar-refractivity contribution in [2.45, 2.75) is 25.9 Å². The van der Waals surface area contributed by atoms with E-state index in [0.29, 0.717) is 12.5 Å². The number of ether oxygens (including phenoxy) is 1. The molecule has 0 amide bonds. The van der Waals surface area contributed by atoms with E-state index in [0.717, 1.165) is 13.0 Å². The van der Waals surface area contributed by atoms with Gasteiger partial charge in [0, 0.05) is 5.92 Å². The molecule has 0 aliphatic carbocycles. The molecule has 0 aliphatic rings. The van der Waals surface area contributed by atoms with E-state index in [1.165, 1.54) is 11.1 Å². The van der Waals surface area contributed by atoms with Gasteiger partial charge in [0.15, 0.2) is 0 Å². The van der Waals surface area contributed by atoms with E-state index >= 15 is 0 Å². The smallest absolute Gasteiger partial charge is 0.0717 e. The van der Waals surface area contributed by atoms with E-state index in [-0.39, 0.29) is 0 Å². The van der Waals surface area contributed by atoms with E-state index in [9.17, 15) is 0 Å². The summed E-state index contributed by atoms with van der Waals surface area (Å²) in [7, 11) is 0. The summed E-state index contributed by atoms with van der Waals surface area (Å²) in [6.45, 7) is 3.56. The standard InChI is InChI=1S/C18H21O/c1-2-9-18(17-12-7-4-8-13-17)15-19-14-16-10-5-3-6-11-16/h2-8,10-13,18H,9,14-15H2,1H3. The second-order valence-corrected chi connectivity index (χ2v) is 4.75. The van der Waals surface area contributed by atoms with Crippen LogP contribution in [0.2, 0.25) is 0 Å². The van der Waals surface area contributed by atoms with E-state index in [1.807, 2.05) is 18.2 Å². The zero-order valence-electron chi connectivity index (χ0n) is 11.5. The average molecular weight is 253 g/mol. The van der Waals surface area contributed by atoms with Crippen molar-refractivity contribution in [3.63, 3.8) is 0 Å². The molecule has 99 valence electrons. The van der Waals surface area contributed by atoms with Crippen molar-refractivity contribution in [3.05, 3.63) is 78.2 Å². The Morgan fingerprint density at radius 1 is 0.947 bits per heavy atom. The Balaban J connectivity index is 1.87. The number of hydrogen-bond acceptors (Lipinski definition) is 1. The zero-order valence-corrected chi connectivity index (χ0v) is 11.5. The summed E-state index contributed by atoms with van der Waals surface area (Å²) in [5.74, 6) is 0.454. The SMILES string of the molecule is C[CH]CC(COCc1ccccc1)c1ccccc1. The first-order valence-corrected chi connectivity index (χ1v) is 6.84. The van der Waals surface area contributed by atoms with Gasteiger partial charge in [-0.3, -0.25) is 0 Å². The average Bonchev–Trinajstić information content (AvgIpc) is 2.48. The predicted molar refractivity (Wildman–Crippen MR) is 79.9 cm³/mol. The monoisotopic (exact) mass is 253 g/mol. The first kappa shape index (κ1) is 13.8. The summed E-state index contributed by atoms with van der Waals surface area (Å²) in [5.41, 5.74) is 2.59. The Kier molecular flexibility index (Phi) is 5.64. The molecule has 1 radical (unpaired) electrons.